The van der Waals surface area contributed by atoms with Gasteiger partial charge in [0.15, 0.2) is 0 Å². The van der Waals surface area contributed by atoms with Crippen LogP contribution in [0, 0.1) is 5.82 Å². The Morgan fingerprint density at radius 3 is 2.65 bits per heavy atom. The molecule has 0 atom stereocenters. The molecule has 2 rings (SSSR count). The highest BCUT2D eigenvalue weighted by Crippen LogP contribution is 2.33. The van der Waals surface area contributed by atoms with Gasteiger partial charge in [0.25, 0.3) is 0 Å². The minimum absolute atomic E-state index is 0.307. The van der Waals surface area contributed by atoms with E-state index in [1.807, 2.05) is 13.0 Å². The smallest absolute Gasteiger partial charge is 0.134 e. The lowest BCUT2D eigenvalue weighted by Gasteiger charge is -2.11. The Morgan fingerprint density at radius 1 is 1.18 bits per heavy atom. The molecule has 0 bridgehead atoms. The normalized spacial score (nSPS) is 10.3. The predicted octanol–water partition coefficient (Wildman–Crippen LogP) is 4.54. The number of ether oxygens (including phenoxy) is 1. The Balaban J connectivity index is 2.57. The molecule has 1 nitrogen and oxygen atoms in total. The van der Waals surface area contributed by atoms with Gasteiger partial charge in [-0.25, -0.2) is 4.39 Å². The zero-order valence-corrected chi connectivity index (χ0v) is 10.2. The second-order valence-electron chi connectivity index (χ2n) is 3.56. The van der Waals surface area contributed by atoms with Gasteiger partial charge in [0.05, 0.1) is 12.2 Å². The van der Waals surface area contributed by atoms with E-state index in [4.69, 9.17) is 16.3 Å². The summed E-state index contributed by atoms with van der Waals surface area (Å²) in [5.74, 6) is 0.230. The van der Waals surface area contributed by atoms with Crippen LogP contribution in [0.1, 0.15) is 6.92 Å². The van der Waals surface area contributed by atoms with Crippen molar-refractivity contribution in [3.63, 3.8) is 0 Å². The maximum atomic E-state index is 13.9. The number of benzene rings is 2. The summed E-state index contributed by atoms with van der Waals surface area (Å²) in [5, 5.41) is 0.577. The number of halogens is 2. The molecule has 0 amide bonds. The number of hydrogen-bond donors (Lipinski definition) is 0. The lowest BCUT2D eigenvalue weighted by Crippen LogP contribution is -1.96. The molecule has 0 aliphatic heterocycles. The Labute approximate surface area is 105 Å². The lowest BCUT2D eigenvalue weighted by atomic mass is 10.0. The summed E-state index contributed by atoms with van der Waals surface area (Å²) in [7, 11) is 0. The van der Waals surface area contributed by atoms with Crippen molar-refractivity contribution in [2.24, 2.45) is 0 Å². The van der Waals surface area contributed by atoms with E-state index in [1.165, 1.54) is 6.07 Å². The fraction of sp³-hybridized carbons (Fsp3) is 0.143. The Hall–Kier alpha value is -1.54. The molecule has 2 aromatic rings. The molecule has 0 aliphatic rings. The number of hydrogen-bond acceptors (Lipinski definition) is 1. The molecule has 0 aliphatic carbocycles. The molecule has 0 radical (unpaired) electrons. The summed E-state index contributed by atoms with van der Waals surface area (Å²) >= 11 is 5.91. The van der Waals surface area contributed by atoms with Gasteiger partial charge in [0.1, 0.15) is 11.6 Å². The second-order valence-corrected chi connectivity index (χ2v) is 3.99. The van der Waals surface area contributed by atoms with E-state index in [-0.39, 0.29) is 5.82 Å². The van der Waals surface area contributed by atoms with Crippen LogP contribution in [0.5, 0.6) is 5.75 Å². The molecule has 88 valence electrons. The van der Waals surface area contributed by atoms with Crippen molar-refractivity contribution in [2.75, 3.05) is 6.61 Å². The van der Waals surface area contributed by atoms with E-state index in [1.54, 1.807) is 30.3 Å². The van der Waals surface area contributed by atoms with Gasteiger partial charge in [-0.1, -0.05) is 29.8 Å². The molecule has 0 saturated carbocycles. The molecule has 0 fully saturated rings. The van der Waals surface area contributed by atoms with Crippen LogP contribution in [-0.4, -0.2) is 6.61 Å². The Bertz CT molecular complexity index is 525. The molecule has 0 saturated heterocycles. The Morgan fingerprint density at radius 2 is 1.94 bits per heavy atom. The van der Waals surface area contributed by atoms with Crippen LogP contribution >= 0.6 is 11.6 Å². The van der Waals surface area contributed by atoms with Crippen molar-refractivity contribution in [1.82, 2.24) is 0 Å². The molecule has 2 aromatic carbocycles. The largest absolute Gasteiger partial charge is 0.493 e. The van der Waals surface area contributed by atoms with Crippen LogP contribution in [0.2, 0.25) is 5.02 Å². The average Bonchev–Trinajstić information content (AvgIpc) is 2.29. The number of rotatable bonds is 3. The molecule has 0 heterocycles. The van der Waals surface area contributed by atoms with Gasteiger partial charge in [-0.2, -0.15) is 0 Å². The van der Waals surface area contributed by atoms with Gasteiger partial charge >= 0.3 is 0 Å². The highest BCUT2D eigenvalue weighted by atomic mass is 35.5. The Kier molecular flexibility index (Phi) is 3.64. The maximum Gasteiger partial charge on any atom is 0.134 e. The van der Waals surface area contributed by atoms with Gasteiger partial charge < -0.3 is 4.74 Å². The van der Waals surface area contributed by atoms with Crippen molar-refractivity contribution in [3.05, 3.63) is 53.3 Å². The first kappa shape index (κ1) is 11.9. The van der Waals surface area contributed by atoms with Crippen molar-refractivity contribution in [3.8, 4) is 16.9 Å². The van der Waals surface area contributed by atoms with E-state index in [0.717, 1.165) is 5.56 Å². The van der Waals surface area contributed by atoms with Crippen molar-refractivity contribution in [1.29, 1.82) is 0 Å². The first-order valence-electron chi connectivity index (χ1n) is 5.39. The zero-order chi connectivity index (χ0) is 12.3. The summed E-state index contributed by atoms with van der Waals surface area (Å²) < 4.78 is 19.3. The van der Waals surface area contributed by atoms with Crippen LogP contribution in [0.3, 0.4) is 0 Å². The van der Waals surface area contributed by atoms with Crippen LogP contribution in [0.15, 0.2) is 42.5 Å². The van der Waals surface area contributed by atoms with Crippen LogP contribution in [-0.2, 0) is 0 Å². The molecular weight excluding hydrogens is 239 g/mol. The van der Waals surface area contributed by atoms with Crippen molar-refractivity contribution in [2.45, 2.75) is 6.92 Å². The first-order valence-corrected chi connectivity index (χ1v) is 5.77. The quantitative estimate of drug-likeness (QED) is 0.777. The molecule has 17 heavy (non-hydrogen) atoms. The molecule has 3 heteroatoms. The van der Waals surface area contributed by atoms with E-state index < -0.39 is 0 Å². The molecule has 0 aromatic heterocycles. The van der Waals surface area contributed by atoms with Crippen LogP contribution < -0.4 is 4.74 Å². The summed E-state index contributed by atoms with van der Waals surface area (Å²) in [5.41, 5.74) is 1.18. The third kappa shape index (κ3) is 2.59. The predicted molar refractivity (Wildman–Crippen MR) is 68.0 cm³/mol. The van der Waals surface area contributed by atoms with Gasteiger partial charge in [-0.05, 0) is 36.8 Å². The average molecular weight is 251 g/mol. The maximum absolute atomic E-state index is 13.9. The zero-order valence-electron chi connectivity index (χ0n) is 9.41. The van der Waals surface area contributed by atoms with Gasteiger partial charge in [0, 0.05) is 5.02 Å². The van der Waals surface area contributed by atoms with E-state index in [9.17, 15) is 4.39 Å². The minimum Gasteiger partial charge on any atom is -0.493 e. The standard InChI is InChI=1S/C14H12ClFO/c1-2-17-13-8-4-7-12(16)14(13)10-5-3-6-11(15)9-10/h3-9H,2H2,1H3. The molecule has 0 N–H and O–H groups in total. The summed E-state index contributed by atoms with van der Waals surface area (Å²) in [6.45, 7) is 2.36. The molecular formula is C14H12ClFO. The third-order valence-corrected chi connectivity index (χ3v) is 2.62. The topological polar surface area (TPSA) is 9.23 Å². The SMILES string of the molecule is CCOc1cccc(F)c1-c1cccc(Cl)c1. The fourth-order valence-electron chi connectivity index (χ4n) is 1.70. The third-order valence-electron chi connectivity index (χ3n) is 2.39. The van der Waals surface area contributed by atoms with Crippen LogP contribution in [0.25, 0.3) is 11.1 Å². The highest BCUT2D eigenvalue weighted by molar-refractivity contribution is 6.30. The molecule has 0 unspecified atom stereocenters. The van der Waals surface area contributed by atoms with Gasteiger partial charge in [-0.3, -0.25) is 0 Å². The van der Waals surface area contributed by atoms with Crippen molar-refractivity contribution < 1.29 is 9.13 Å². The van der Waals surface area contributed by atoms with Crippen molar-refractivity contribution >= 4 is 11.6 Å². The fourth-order valence-corrected chi connectivity index (χ4v) is 1.89. The monoisotopic (exact) mass is 250 g/mol. The van der Waals surface area contributed by atoms with Crippen LogP contribution in [0.4, 0.5) is 4.39 Å². The van der Waals surface area contributed by atoms with E-state index >= 15 is 0 Å². The first-order chi connectivity index (χ1) is 8.22. The summed E-state index contributed by atoms with van der Waals surface area (Å²) in [6, 6.07) is 11.9. The van der Waals surface area contributed by atoms with E-state index in [2.05, 4.69) is 0 Å². The van der Waals surface area contributed by atoms with Gasteiger partial charge in [-0.15, -0.1) is 0 Å². The second kappa shape index (κ2) is 5.19. The summed E-state index contributed by atoms with van der Waals surface area (Å²) in [4.78, 5) is 0. The summed E-state index contributed by atoms with van der Waals surface area (Å²) in [6.07, 6.45) is 0. The highest BCUT2D eigenvalue weighted by Gasteiger charge is 2.11. The van der Waals surface area contributed by atoms with E-state index in [0.29, 0.717) is 22.9 Å². The molecule has 0 spiro atoms. The van der Waals surface area contributed by atoms with Gasteiger partial charge in [0.2, 0.25) is 0 Å². The minimum atomic E-state index is -0.307. The lowest BCUT2D eigenvalue weighted by molar-refractivity contribution is 0.340.